The number of ether oxygens (including phenoxy) is 3. The van der Waals surface area contributed by atoms with Crippen LogP contribution in [0.25, 0.3) is 0 Å². The summed E-state index contributed by atoms with van der Waals surface area (Å²) in [7, 11) is 0. The second-order valence-electron chi connectivity index (χ2n) is 23.4. The SMILES string of the molecule is CCCCC/C=C\C/C=C\CCCCCCCCCCCC(=O)OC(COC(=O)CCCCCCC/C=C\CCCCCCC)COC(=O)CCCCCCCCCCCCCCCCC/C=C\CCCCCCCCCC. The Kier molecular flexibility index (Phi) is 64.6. The van der Waals surface area contributed by atoms with Gasteiger partial charge in [-0.15, -0.1) is 0 Å². The van der Waals surface area contributed by atoms with Crippen LogP contribution in [0.2, 0.25) is 0 Å². The fraction of sp³-hybridized carbons (Fsp3) is 0.847. The number of esters is 3. The van der Waals surface area contributed by atoms with Gasteiger partial charge < -0.3 is 14.2 Å². The van der Waals surface area contributed by atoms with Crippen LogP contribution >= 0.6 is 0 Å². The van der Waals surface area contributed by atoms with Gasteiger partial charge in [0, 0.05) is 19.3 Å². The maximum Gasteiger partial charge on any atom is 0.306 e. The molecule has 78 heavy (non-hydrogen) atoms. The molecule has 0 fully saturated rings. The molecule has 0 saturated carbocycles. The van der Waals surface area contributed by atoms with Crippen molar-refractivity contribution in [3.63, 3.8) is 0 Å². The molecule has 1 unspecified atom stereocenters. The van der Waals surface area contributed by atoms with E-state index in [1.54, 1.807) is 0 Å². The first-order chi connectivity index (χ1) is 38.5. The minimum absolute atomic E-state index is 0.0741. The standard InChI is InChI=1S/C72H132O6/c1-4-7-10-13-16-19-22-25-28-30-32-33-34-35-36-37-38-39-41-42-44-47-50-53-56-59-62-65-71(74)77-68-69(67-76-70(73)64-61-58-55-52-49-46-27-24-21-18-15-12-9-6-3)78-72(75)66-63-60-57-54-51-48-45-43-40-31-29-26-23-20-17-14-11-8-5-2/h17,20,24,26-27,29-30,32,69H,4-16,18-19,21-23,25,28,31,33-68H2,1-3H3/b20-17-,27-24-,29-26-,32-30-. The molecule has 0 N–H and O–H groups in total. The molecule has 0 aromatic heterocycles. The van der Waals surface area contributed by atoms with E-state index in [2.05, 4.69) is 69.4 Å². The van der Waals surface area contributed by atoms with Gasteiger partial charge in [0.25, 0.3) is 0 Å². The Balaban J connectivity index is 4.25. The fourth-order valence-electron chi connectivity index (χ4n) is 10.3. The van der Waals surface area contributed by atoms with Gasteiger partial charge in [-0.1, -0.05) is 301 Å². The Labute approximate surface area is 486 Å². The van der Waals surface area contributed by atoms with Crippen molar-refractivity contribution in [3.8, 4) is 0 Å². The third kappa shape index (κ3) is 64.2. The predicted octanol–water partition coefficient (Wildman–Crippen LogP) is 23.7. The highest BCUT2D eigenvalue weighted by molar-refractivity contribution is 5.71. The monoisotopic (exact) mass is 1090 g/mol. The quantitative estimate of drug-likeness (QED) is 0.0261. The van der Waals surface area contributed by atoms with E-state index >= 15 is 0 Å². The summed E-state index contributed by atoms with van der Waals surface area (Å²) in [6.45, 7) is 6.65. The van der Waals surface area contributed by atoms with Crippen LogP contribution in [-0.2, 0) is 28.6 Å². The number of allylic oxidation sites excluding steroid dienone is 8. The minimum Gasteiger partial charge on any atom is -0.462 e. The van der Waals surface area contributed by atoms with Crippen LogP contribution < -0.4 is 0 Å². The van der Waals surface area contributed by atoms with E-state index in [9.17, 15) is 14.4 Å². The Morgan fingerprint density at radius 2 is 0.462 bits per heavy atom. The highest BCUT2D eigenvalue weighted by atomic mass is 16.6. The molecule has 0 heterocycles. The van der Waals surface area contributed by atoms with Gasteiger partial charge in [-0.25, -0.2) is 0 Å². The second kappa shape index (κ2) is 66.9. The van der Waals surface area contributed by atoms with Crippen molar-refractivity contribution >= 4 is 17.9 Å². The first-order valence-electron chi connectivity index (χ1n) is 34.6. The molecule has 6 nitrogen and oxygen atoms in total. The van der Waals surface area contributed by atoms with E-state index in [4.69, 9.17) is 14.2 Å². The number of unbranched alkanes of at least 4 members (excludes halogenated alkanes) is 45. The summed E-state index contributed by atoms with van der Waals surface area (Å²) in [6, 6.07) is 0. The lowest BCUT2D eigenvalue weighted by Gasteiger charge is -2.18. The maximum absolute atomic E-state index is 12.9. The largest absolute Gasteiger partial charge is 0.462 e. The topological polar surface area (TPSA) is 78.9 Å². The highest BCUT2D eigenvalue weighted by Gasteiger charge is 2.19. The first kappa shape index (κ1) is 75.4. The van der Waals surface area contributed by atoms with Crippen LogP contribution in [0.1, 0.15) is 374 Å². The lowest BCUT2D eigenvalue weighted by Crippen LogP contribution is -2.30. The summed E-state index contributed by atoms with van der Waals surface area (Å²) in [5.74, 6) is -0.864. The van der Waals surface area contributed by atoms with Crippen molar-refractivity contribution < 1.29 is 28.6 Å². The summed E-state index contributed by atoms with van der Waals surface area (Å²) in [6.07, 6.45) is 84.2. The minimum atomic E-state index is -0.779. The molecule has 456 valence electrons. The van der Waals surface area contributed by atoms with Crippen LogP contribution in [0.15, 0.2) is 48.6 Å². The number of rotatable bonds is 64. The van der Waals surface area contributed by atoms with Crippen molar-refractivity contribution in [2.45, 2.75) is 380 Å². The summed E-state index contributed by atoms with van der Waals surface area (Å²) in [5, 5.41) is 0. The average Bonchev–Trinajstić information content (AvgIpc) is 3.44. The molecule has 0 aromatic carbocycles. The van der Waals surface area contributed by atoms with Crippen molar-refractivity contribution in [1.82, 2.24) is 0 Å². The molecule has 0 rings (SSSR count). The number of carbonyl (C=O) groups is 3. The Morgan fingerprint density at radius 1 is 0.256 bits per heavy atom. The summed E-state index contributed by atoms with van der Waals surface area (Å²) in [4.78, 5) is 38.4. The number of hydrogen-bond donors (Lipinski definition) is 0. The number of hydrogen-bond acceptors (Lipinski definition) is 6. The molecule has 1 atom stereocenters. The van der Waals surface area contributed by atoms with Crippen LogP contribution in [0, 0.1) is 0 Å². The molecule has 0 amide bonds. The van der Waals surface area contributed by atoms with Gasteiger partial charge in [-0.2, -0.15) is 0 Å². The molecule has 0 aliphatic carbocycles. The molecule has 0 aliphatic rings. The van der Waals surface area contributed by atoms with Gasteiger partial charge >= 0.3 is 17.9 Å². The average molecular weight is 1090 g/mol. The van der Waals surface area contributed by atoms with Crippen LogP contribution in [-0.4, -0.2) is 37.2 Å². The van der Waals surface area contributed by atoms with Crippen molar-refractivity contribution in [1.29, 1.82) is 0 Å². The summed E-state index contributed by atoms with van der Waals surface area (Å²) < 4.78 is 17.0. The molecular formula is C72H132O6. The fourth-order valence-corrected chi connectivity index (χ4v) is 10.3. The van der Waals surface area contributed by atoms with Gasteiger partial charge in [0.1, 0.15) is 13.2 Å². The molecule has 0 aliphatic heterocycles. The molecule has 6 heteroatoms. The normalized spacial score (nSPS) is 12.3. The summed E-state index contributed by atoms with van der Waals surface area (Å²) >= 11 is 0. The van der Waals surface area contributed by atoms with Crippen molar-refractivity contribution in [2.75, 3.05) is 13.2 Å². The van der Waals surface area contributed by atoms with Gasteiger partial charge in [0.2, 0.25) is 0 Å². The van der Waals surface area contributed by atoms with Gasteiger partial charge in [-0.3, -0.25) is 14.4 Å². The zero-order valence-electron chi connectivity index (χ0n) is 52.5. The van der Waals surface area contributed by atoms with Crippen LogP contribution in [0.4, 0.5) is 0 Å². The molecule has 0 radical (unpaired) electrons. The van der Waals surface area contributed by atoms with Crippen molar-refractivity contribution in [2.24, 2.45) is 0 Å². The zero-order valence-corrected chi connectivity index (χ0v) is 52.5. The molecule has 0 saturated heterocycles. The van der Waals surface area contributed by atoms with E-state index < -0.39 is 6.10 Å². The van der Waals surface area contributed by atoms with E-state index in [1.807, 2.05) is 0 Å². The third-order valence-corrected chi connectivity index (χ3v) is 15.5. The second-order valence-corrected chi connectivity index (χ2v) is 23.4. The van der Waals surface area contributed by atoms with E-state index in [1.165, 1.54) is 263 Å². The molecule has 0 bridgehead atoms. The lowest BCUT2D eigenvalue weighted by atomic mass is 10.0. The van der Waals surface area contributed by atoms with E-state index in [0.717, 1.165) is 70.6 Å². The molecular weight excluding hydrogens is 961 g/mol. The lowest BCUT2D eigenvalue weighted by molar-refractivity contribution is -0.167. The van der Waals surface area contributed by atoms with E-state index in [0.29, 0.717) is 19.3 Å². The highest BCUT2D eigenvalue weighted by Crippen LogP contribution is 2.18. The van der Waals surface area contributed by atoms with Gasteiger partial charge in [0.15, 0.2) is 6.10 Å². The number of carbonyl (C=O) groups excluding carboxylic acids is 3. The third-order valence-electron chi connectivity index (χ3n) is 15.5. The van der Waals surface area contributed by atoms with Crippen LogP contribution in [0.3, 0.4) is 0 Å². The maximum atomic E-state index is 12.9. The van der Waals surface area contributed by atoms with E-state index in [-0.39, 0.29) is 31.1 Å². The Morgan fingerprint density at radius 3 is 0.744 bits per heavy atom. The Hall–Kier alpha value is -2.63. The zero-order chi connectivity index (χ0) is 56.4. The van der Waals surface area contributed by atoms with Gasteiger partial charge in [-0.05, 0) is 103 Å². The predicted molar refractivity (Wildman–Crippen MR) is 339 cm³/mol. The molecule has 0 spiro atoms. The van der Waals surface area contributed by atoms with Crippen LogP contribution in [0.5, 0.6) is 0 Å². The van der Waals surface area contributed by atoms with Crippen molar-refractivity contribution in [3.05, 3.63) is 48.6 Å². The first-order valence-corrected chi connectivity index (χ1v) is 34.6. The molecule has 0 aromatic rings. The summed E-state index contributed by atoms with van der Waals surface area (Å²) in [5.41, 5.74) is 0. The Bertz CT molecular complexity index is 1350. The van der Waals surface area contributed by atoms with Gasteiger partial charge in [0.05, 0.1) is 0 Å². The smallest absolute Gasteiger partial charge is 0.306 e.